The van der Waals surface area contributed by atoms with Gasteiger partial charge in [0.25, 0.3) is 0 Å². The first-order valence-electron chi connectivity index (χ1n) is 10.4. The Balaban J connectivity index is 1.72. The van der Waals surface area contributed by atoms with Gasteiger partial charge in [-0.15, -0.1) is 0 Å². The number of ether oxygens (including phenoxy) is 1. The number of halogens is 1. The molecule has 1 aliphatic heterocycles. The third-order valence-corrected chi connectivity index (χ3v) is 5.30. The van der Waals surface area contributed by atoms with Crippen molar-refractivity contribution >= 4 is 22.8 Å². The van der Waals surface area contributed by atoms with Crippen LogP contribution in [0.4, 0.5) is 0 Å². The highest BCUT2D eigenvalue weighted by molar-refractivity contribution is 6.33. The highest BCUT2D eigenvalue weighted by Crippen LogP contribution is 2.34. The number of hydrogen-bond acceptors (Lipinski definition) is 5. The molecular formula is C22H25ClN4O2. The molecule has 6 nitrogen and oxygen atoms in total. The minimum atomic E-state index is -0.158. The molecule has 0 radical (unpaired) electrons. The molecule has 152 valence electrons. The Bertz CT molecular complexity index is 1010. The monoisotopic (exact) mass is 412 g/mol. The van der Waals surface area contributed by atoms with Gasteiger partial charge in [0.15, 0.2) is 22.4 Å². The molecule has 29 heavy (non-hydrogen) atoms. The quantitative estimate of drug-likeness (QED) is 0.292. The largest absolute Gasteiger partial charge is 0.461 e. The van der Waals surface area contributed by atoms with E-state index in [0.29, 0.717) is 40.3 Å². The summed E-state index contributed by atoms with van der Waals surface area (Å²) < 4.78 is 13.6. The molecule has 4 heterocycles. The van der Waals surface area contributed by atoms with Gasteiger partial charge in [0.1, 0.15) is 11.7 Å². The summed E-state index contributed by atoms with van der Waals surface area (Å²) in [7, 11) is 0. The van der Waals surface area contributed by atoms with E-state index in [1.165, 1.54) is 19.3 Å². The van der Waals surface area contributed by atoms with Crippen molar-refractivity contribution in [2.45, 2.75) is 64.5 Å². The molecule has 1 unspecified atom stereocenters. The number of fused-ring (bicyclic) bond motifs is 1. The molecule has 0 saturated carbocycles. The van der Waals surface area contributed by atoms with Crippen molar-refractivity contribution in [3.8, 4) is 23.4 Å². The van der Waals surface area contributed by atoms with Crippen LogP contribution in [0.3, 0.4) is 0 Å². The van der Waals surface area contributed by atoms with Gasteiger partial charge in [0, 0.05) is 13.0 Å². The molecule has 1 fully saturated rings. The lowest BCUT2D eigenvalue weighted by Gasteiger charge is -2.25. The summed E-state index contributed by atoms with van der Waals surface area (Å²) in [6.07, 6.45) is 10.1. The van der Waals surface area contributed by atoms with E-state index in [0.717, 1.165) is 32.1 Å². The summed E-state index contributed by atoms with van der Waals surface area (Å²) in [5, 5.41) is 0.299. The zero-order valence-electron chi connectivity index (χ0n) is 16.7. The van der Waals surface area contributed by atoms with Gasteiger partial charge in [-0.1, -0.05) is 43.7 Å². The Morgan fingerprint density at radius 1 is 1.21 bits per heavy atom. The minimum Gasteiger partial charge on any atom is -0.461 e. The summed E-state index contributed by atoms with van der Waals surface area (Å²) >= 11 is 6.46. The number of aromatic nitrogens is 4. The fraction of sp³-hybridized carbons (Fsp3) is 0.500. The second kappa shape index (κ2) is 9.43. The number of imidazole rings is 1. The zero-order chi connectivity index (χ0) is 20.1. The molecule has 0 spiro atoms. The van der Waals surface area contributed by atoms with Crippen molar-refractivity contribution in [1.82, 2.24) is 19.5 Å². The van der Waals surface area contributed by atoms with Gasteiger partial charge in [0.05, 0.1) is 6.26 Å². The van der Waals surface area contributed by atoms with E-state index >= 15 is 0 Å². The standard InChI is InChI=1S/C22H25ClN4O2/c1-2-3-4-5-6-7-12-17-24-20(23)19-22(25-17)27(18-13-8-9-14-29-18)21(26-19)16-11-10-15-28-16/h10-11,15,18H,2-6,8-9,13-14H2,1H3. The van der Waals surface area contributed by atoms with E-state index in [-0.39, 0.29) is 6.23 Å². The van der Waals surface area contributed by atoms with Crippen molar-refractivity contribution < 1.29 is 9.15 Å². The lowest BCUT2D eigenvalue weighted by molar-refractivity contribution is -0.0289. The average molecular weight is 413 g/mol. The summed E-state index contributed by atoms with van der Waals surface area (Å²) in [5.41, 5.74) is 1.18. The van der Waals surface area contributed by atoms with E-state index in [1.54, 1.807) is 6.26 Å². The van der Waals surface area contributed by atoms with Crippen LogP contribution in [0.2, 0.25) is 5.15 Å². The molecule has 7 heteroatoms. The molecule has 0 amide bonds. The Kier molecular flexibility index (Phi) is 6.48. The molecule has 1 saturated heterocycles. The molecule has 3 aromatic rings. The van der Waals surface area contributed by atoms with E-state index < -0.39 is 0 Å². The SMILES string of the molecule is CCCCCCC#Cc1nc(Cl)c2nc(-c3ccco3)n(C3CCCCO3)c2n1. The predicted octanol–water partition coefficient (Wildman–Crippen LogP) is 5.76. The smallest absolute Gasteiger partial charge is 0.208 e. The first kappa shape index (κ1) is 19.9. The Morgan fingerprint density at radius 2 is 2.14 bits per heavy atom. The van der Waals surface area contributed by atoms with Crippen LogP contribution in [0.1, 0.15) is 70.3 Å². The lowest BCUT2D eigenvalue weighted by Crippen LogP contribution is -2.19. The molecule has 4 rings (SSSR count). The van der Waals surface area contributed by atoms with E-state index in [9.17, 15) is 0 Å². The average Bonchev–Trinajstić information content (AvgIpc) is 3.39. The minimum absolute atomic E-state index is 0.158. The van der Waals surface area contributed by atoms with Crippen LogP contribution in [-0.4, -0.2) is 26.1 Å². The van der Waals surface area contributed by atoms with Gasteiger partial charge in [0.2, 0.25) is 5.82 Å². The highest BCUT2D eigenvalue weighted by Gasteiger charge is 2.26. The number of furan rings is 1. The molecule has 1 aliphatic rings. The number of hydrogen-bond donors (Lipinski definition) is 0. The van der Waals surface area contributed by atoms with Crippen LogP contribution in [0.5, 0.6) is 0 Å². The van der Waals surface area contributed by atoms with Gasteiger partial charge in [-0.05, 0) is 43.7 Å². The Labute approximate surface area is 175 Å². The normalized spacial score (nSPS) is 16.7. The second-order valence-corrected chi connectivity index (χ2v) is 7.58. The zero-order valence-corrected chi connectivity index (χ0v) is 17.4. The Morgan fingerprint density at radius 3 is 2.90 bits per heavy atom. The van der Waals surface area contributed by atoms with Crippen LogP contribution in [0, 0.1) is 11.8 Å². The van der Waals surface area contributed by atoms with Gasteiger partial charge in [-0.3, -0.25) is 4.57 Å². The maximum absolute atomic E-state index is 6.46. The van der Waals surface area contributed by atoms with E-state index in [2.05, 4.69) is 33.7 Å². The number of rotatable bonds is 6. The van der Waals surface area contributed by atoms with Crippen molar-refractivity contribution in [2.24, 2.45) is 0 Å². The van der Waals surface area contributed by atoms with Crippen LogP contribution < -0.4 is 0 Å². The van der Waals surface area contributed by atoms with Gasteiger partial charge < -0.3 is 9.15 Å². The van der Waals surface area contributed by atoms with Gasteiger partial charge in [-0.25, -0.2) is 15.0 Å². The van der Waals surface area contributed by atoms with E-state index in [4.69, 9.17) is 20.8 Å². The van der Waals surface area contributed by atoms with Crippen molar-refractivity contribution in [2.75, 3.05) is 6.61 Å². The number of unbranched alkanes of at least 4 members (excludes halogenated alkanes) is 4. The lowest BCUT2D eigenvalue weighted by atomic mass is 10.2. The topological polar surface area (TPSA) is 66.0 Å². The molecule has 0 bridgehead atoms. The summed E-state index contributed by atoms with van der Waals surface area (Å²) in [6, 6.07) is 3.71. The predicted molar refractivity (Wildman–Crippen MR) is 113 cm³/mol. The maximum Gasteiger partial charge on any atom is 0.208 e. The summed E-state index contributed by atoms with van der Waals surface area (Å²) in [5.74, 6) is 7.96. The number of nitrogens with zero attached hydrogens (tertiary/aromatic N) is 4. The highest BCUT2D eigenvalue weighted by atomic mass is 35.5. The van der Waals surface area contributed by atoms with Crippen molar-refractivity contribution in [3.63, 3.8) is 0 Å². The molecule has 0 N–H and O–H groups in total. The van der Waals surface area contributed by atoms with Crippen LogP contribution in [0.15, 0.2) is 22.8 Å². The molecule has 3 aromatic heterocycles. The third kappa shape index (κ3) is 4.47. The van der Waals surface area contributed by atoms with Gasteiger partial charge >= 0.3 is 0 Å². The van der Waals surface area contributed by atoms with Crippen molar-refractivity contribution in [1.29, 1.82) is 0 Å². The summed E-state index contributed by atoms with van der Waals surface area (Å²) in [6.45, 7) is 2.91. The van der Waals surface area contributed by atoms with Crippen LogP contribution in [0.25, 0.3) is 22.7 Å². The fourth-order valence-corrected chi connectivity index (χ4v) is 3.76. The maximum atomic E-state index is 6.46. The Hall–Kier alpha value is -2.36. The third-order valence-electron chi connectivity index (χ3n) is 5.04. The second-order valence-electron chi connectivity index (χ2n) is 7.23. The van der Waals surface area contributed by atoms with E-state index in [1.807, 2.05) is 16.7 Å². The van der Waals surface area contributed by atoms with Crippen molar-refractivity contribution in [3.05, 3.63) is 29.4 Å². The van der Waals surface area contributed by atoms with Crippen LogP contribution >= 0.6 is 11.6 Å². The van der Waals surface area contributed by atoms with Gasteiger partial charge in [-0.2, -0.15) is 0 Å². The molecular weight excluding hydrogens is 388 g/mol. The van der Waals surface area contributed by atoms with Crippen LogP contribution in [-0.2, 0) is 4.74 Å². The molecule has 0 aliphatic carbocycles. The fourth-order valence-electron chi connectivity index (χ4n) is 3.56. The molecule has 1 atom stereocenters. The summed E-state index contributed by atoms with van der Waals surface area (Å²) in [4.78, 5) is 13.7. The first-order valence-corrected chi connectivity index (χ1v) is 10.8. The molecule has 0 aromatic carbocycles. The first-order chi connectivity index (χ1) is 14.3.